The SMILES string of the molecule is COc1nc(Cl)c(C2(CN)CC2(F)F)s1. The third-order valence-electron chi connectivity index (χ3n) is 2.62. The van der Waals surface area contributed by atoms with Crippen molar-refractivity contribution in [3.8, 4) is 5.19 Å². The number of nitrogens with zero attached hydrogens (tertiary/aromatic N) is 1. The molecule has 84 valence electrons. The lowest BCUT2D eigenvalue weighted by molar-refractivity contribution is 0.0904. The third kappa shape index (κ3) is 1.43. The first kappa shape index (κ1) is 11.0. The molecule has 2 N–H and O–H groups in total. The standard InChI is InChI=1S/C8H9ClF2N2OS/c1-14-6-13-5(9)4(15-6)7(3-12)2-8(7,10)11/h2-3,12H2,1H3. The molecular formula is C8H9ClF2N2OS. The number of hydrogen-bond acceptors (Lipinski definition) is 4. The van der Waals surface area contributed by atoms with E-state index in [0.717, 1.165) is 11.3 Å². The van der Waals surface area contributed by atoms with Crippen LogP contribution < -0.4 is 10.5 Å². The summed E-state index contributed by atoms with van der Waals surface area (Å²) in [5.41, 5.74) is 4.07. The Kier molecular flexibility index (Phi) is 2.40. The van der Waals surface area contributed by atoms with Crippen molar-refractivity contribution in [1.82, 2.24) is 4.98 Å². The Morgan fingerprint density at radius 3 is 2.60 bits per heavy atom. The van der Waals surface area contributed by atoms with E-state index in [4.69, 9.17) is 22.1 Å². The number of aromatic nitrogens is 1. The molecule has 1 atom stereocenters. The molecule has 1 aromatic rings. The molecule has 0 saturated heterocycles. The fourth-order valence-electron chi connectivity index (χ4n) is 1.56. The largest absolute Gasteiger partial charge is 0.473 e. The summed E-state index contributed by atoms with van der Waals surface area (Å²) in [6.45, 7) is -0.134. The normalized spacial score (nSPS) is 27.8. The van der Waals surface area contributed by atoms with E-state index in [2.05, 4.69) is 4.98 Å². The molecule has 1 saturated carbocycles. The molecule has 0 amide bonds. The molecule has 1 aromatic heterocycles. The average Bonchev–Trinajstić information content (AvgIpc) is 2.54. The van der Waals surface area contributed by atoms with E-state index in [9.17, 15) is 8.78 Å². The van der Waals surface area contributed by atoms with Gasteiger partial charge in [0.05, 0.1) is 17.4 Å². The van der Waals surface area contributed by atoms with Crippen molar-refractivity contribution in [2.24, 2.45) is 5.73 Å². The van der Waals surface area contributed by atoms with Crippen molar-refractivity contribution in [3.05, 3.63) is 10.0 Å². The number of hydrogen-bond donors (Lipinski definition) is 1. The van der Waals surface area contributed by atoms with Crippen LogP contribution in [0.15, 0.2) is 0 Å². The monoisotopic (exact) mass is 254 g/mol. The topological polar surface area (TPSA) is 48.1 Å². The fourth-order valence-corrected chi connectivity index (χ4v) is 3.01. The highest BCUT2D eigenvalue weighted by molar-refractivity contribution is 7.14. The van der Waals surface area contributed by atoms with Crippen LogP contribution in [0.25, 0.3) is 0 Å². The van der Waals surface area contributed by atoms with Gasteiger partial charge in [0.25, 0.3) is 11.1 Å². The Balaban J connectivity index is 2.41. The molecule has 2 rings (SSSR count). The number of rotatable bonds is 3. The van der Waals surface area contributed by atoms with Gasteiger partial charge in [0.1, 0.15) is 5.15 Å². The fraction of sp³-hybridized carbons (Fsp3) is 0.625. The highest BCUT2D eigenvalue weighted by atomic mass is 35.5. The van der Waals surface area contributed by atoms with Crippen molar-refractivity contribution >= 4 is 22.9 Å². The number of nitrogens with two attached hydrogens (primary N) is 1. The van der Waals surface area contributed by atoms with Crippen LogP contribution in [0.1, 0.15) is 11.3 Å². The lowest BCUT2D eigenvalue weighted by atomic mass is 10.1. The van der Waals surface area contributed by atoms with Crippen LogP contribution in [0.3, 0.4) is 0 Å². The number of halogens is 3. The predicted octanol–water partition coefficient (Wildman–Crippen LogP) is 2.04. The van der Waals surface area contributed by atoms with Crippen molar-refractivity contribution in [2.45, 2.75) is 17.8 Å². The van der Waals surface area contributed by atoms with Gasteiger partial charge in [-0.05, 0) is 0 Å². The van der Waals surface area contributed by atoms with Crippen LogP contribution in [-0.4, -0.2) is 24.6 Å². The van der Waals surface area contributed by atoms with Gasteiger partial charge in [0, 0.05) is 13.0 Å². The summed E-state index contributed by atoms with van der Waals surface area (Å²) in [7, 11) is 1.42. The molecule has 1 aliphatic rings. The van der Waals surface area contributed by atoms with Crippen molar-refractivity contribution in [1.29, 1.82) is 0 Å². The molecule has 0 aliphatic heterocycles. The summed E-state index contributed by atoms with van der Waals surface area (Å²) in [6, 6.07) is 0. The van der Waals surface area contributed by atoms with Crippen molar-refractivity contribution in [3.63, 3.8) is 0 Å². The zero-order chi connectivity index (χ0) is 11.3. The molecule has 1 heterocycles. The van der Waals surface area contributed by atoms with Crippen LogP contribution in [0, 0.1) is 0 Å². The molecule has 0 aromatic carbocycles. The molecule has 1 aliphatic carbocycles. The first-order valence-corrected chi connectivity index (χ1v) is 5.45. The van der Waals surface area contributed by atoms with E-state index >= 15 is 0 Å². The summed E-state index contributed by atoms with van der Waals surface area (Å²) in [4.78, 5) is 4.15. The zero-order valence-electron chi connectivity index (χ0n) is 7.89. The number of alkyl halides is 2. The lowest BCUT2D eigenvalue weighted by Gasteiger charge is -2.10. The van der Waals surface area contributed by atoms with Crippen LogP contribution in [0.2, 0.25) is 5.15 Å². The van der Waals surface area contributed by atoms with E-state index in [1.807, 2.05) is 0 Å². The highest BCUT2D eigenvalue weighted by Crippen LogP contribution is 2.63. The molecular weight excluding hydrogens is 246 g/mol. The minimum atomic E-state index is -2.77. The zero-order valence-corrected chi connectivity index (χ0v) is 9.46. The maximum atomic E-state index is 13.2. The average molecular weight is 255 g/mol. The summed E-state index contributed by atoms with van der Waals surface area (Å²) in [5.74, 6) is -2.77. The summed E-state index contributed by atoms with van der Waals surface area (Å²) >= 11 is 6.82. The van der Waals surface area contributed by atoms with Crippen LogP contribution in [0.5, 0.6) is 5.19 Å². The summed E-state index contributed by atoms with van der Waals surface area (Å²) in [6.07, 6.45) is -0.262. The van der Waals surface area contributed by atoms with Crippen molar-refractivity contribution < 1.29 is 13.5 Å². The second-order valence-corrected chi connectivity index (χ2v) is 4.79. The van der Waals surface area contributed by atoms with E-state index in [0.29, 0.717) is 4.88 Å². The summed E-state index contributed by atoms with van der Waals surface area (Å²) in [5, 5.41) is 0.352. The van der Waals surface area contributed by atoms with Gasteiger partial charge < -0.3 is 10.5 Å². The van der Waals surface area contributed by atoms with Gasteiger partial charge in [0.15, 0.2) is 0 Å². The summed E-state index contributed by atoms with van der Waals surface area (Å²) < 4.78 is 31.3. The van der Waals surface area contributed by atoms with E-state index < -0.39 is 11.3 Å². The minimum absolute atomic E-state index is 0.0690. The number of methoxy groups -OCH3 is 1. The van der Waals surface area contributed by atoms with E-state index in [1.54, 1.807) is 0 Å². The number of thiazole rings is 1. The molecule has 0 radical (unpaired) electrons. The number of ether oxygens (including phenoxy) is 1. The van der Waals surface area contributed by atoms with Gasteiger partial charge in [0.2, 0.25) is 0 Å². The first-order chi connectivity index (χ1) is 6.97. The molecule has 7 heteroatoms. The molecule has 1 unspecified atom stereocenters. The smallest absolute Gasteiger partial charge is 0.274 e. The predicted molar refractivity (Wildman–Crippen MR) is 54.0 cm³/mol. The van der Waals surface area contributed by atoms with Crippen LogP contribution in [-0.2, 0) is 5.41 Å². The minimum Gasteiger partial charge on any atom is -0.473 e. The maximum absolute atomic E-state index is 13.2. The van der Waals surface area contributed by atoms with Gasteiger partial charge in [-0.15, -0.1) is 0 Å². The van der Waals surface area contributed by atoms with Gasteiger partial charge in [-0.1, -0.05) is 22.9 Å². The van der Waals surface area contributed by atoms with Crippen LogP contribution >= 0.6 is 22.9 Å². The quantitative estimate of drug-likeness (QED) is 0.898. The molecule has 15 heavy (non-hydrogen) atoms. The highest BCUT2D eigenvalue weighted by Gasteiger charge is 2.72. The second kappa shape index (κ2) is 3.26. The van der Waals surface area contributed by atoms with Gasteiger partial charge in [-0.2, -0.15) is 4.98 Å². The third-order valence-corrected chi connectivity index (χ3v) is 4.23. The van der Waals surface area contributed by atoms with Gasteiger partial charge in [-0.25, -0.2) is 8.78 Å². The Bertz CT molecular complexity index is 398. The molecule has 3 nitrogen and oxygen atoms in total. The molecule has 0 bridgehead atoms. The Morgan fingerprint density at radius 1 is 1.67 bits per heavy atom. The van der Waals surface area contributed by atoms with Crippen molar-refractivity contribution in [2.75, 3.05) is 13.7 Å². The molecule has 1 fully saturated rings. The van der Waals surface area contributed by atoms with E-state index in [1.165, 1.54) is 7.11 Å². The second-order valence-electron chi connectivity index (χ2n) is 3.47. The first-order valence-electron chi connectivity index (χ1n) is 4.25. The maximum Gasteiger partial charge on any atom is 0.274 e. The lowest BCUT2D eigenvalue weighted by Crippen LogP contribution is -2.26. The Morgan fingerprint density at radius 2 is 2.27 bits per heavy atom. The van der Waals surface area contributed by atoms with Crippen LogP contribution in [0.4, 0.5) is 8.78 Å². The van der Waals surface area contributed by atoms with Gasteiger partial charge >= 0.3 is 0 Å². The Labute approximate surface area is 94.2 Å². The Hall–Kier alpha value is -0.460. The molecule has 0 spiro atoms. The van der Waals surface area contributed by atoms with Gasteiger partial charge in [-0.3, -0.25) is 0 Å². The van der Waals surface area contributed by atoms with E-state index in [-0.39, 0.29) is 23.3 Å².